The molecular formula is C30H35N3O5. The Labute approximate surface area is 222 Å². The fourth-order valence-corrected chi connectivity index (χ4v) is 9.15. The van der Waals surface area contributed by atoms with Crippen molar-refractivity contribution < 1.29 is 24.1 Å². The van der Waals surface area contributed by atoms with Gasteiger partial charge in [-0.05, 0) is 81.2 Å². The number of likely N-dealkylation sites (tertiary alicyclic amines) is 1. The summed E-state index contributed by atoms with van der Waals surface area (Å²) in [6.07, 6.45) is 8.87. The summed E-state index contributed by atoms with van der Waals surface area (Å²) >= 11 is 0. The SMILES string of the molecule is COc1ccc2c3c1O[C@H]1[C@H]4CC[C@@]5(CCN4C(=O)Oc4cccnc4CO)[C@@H](C2)N(CC2CC2)CC[C@]315. The Morgan fingerprint density at radius 3 is 2.87 bits per heavy atom. The minimum absolute atomic E-state index is 0.0610. The fourth-order valence-electron chi connectivity index (χ4n) is 9.15. The van der Waals surface area contributed by atoms with E-state index in [0.717, 1.165) is 56.1 Å². The fraction of sp³-hybridized carbons (Fsp3) is 0.600. The van der Waals surface area contributed by atoms with Gasteiger partial charge >= 0.3 is 6.09 Å². The van der Waals surface area contributed by atoms with Crippen molar-refractivity contribution in [3.8, 4) is 17.2 Å². The number of aromatic nitrogens is 1. The Morgan fingerprint density at radius 1 is 1.16 bits per heavy atom. The number of aliphatic hydroxyl groups excluding tert-OH is 1. The minimum atomic E-state index is -0.374. The summed E-state index contributed by atoms with van der Waals surface area (Å²) in [6.45, 7) is 2.67. The van der Waals surface area contributed by atoms with E-state index in [1.54, 1.807) is 25.4 Å². The zero-order chi connectivity index (χ0) is 25.6. The number of rotatable bonds is 5. The van der Waals surface area contributed by atoms with Crippen LogP contribution in [0.25, 0.3) is 0 Å². The van der Waals surface area contributed by atoms with Gasteiger partial charge in [0.1, 0.15) is 11.8 Å². The first-order chi connectivity index (χ1) is 18.6. The summed E-state index contributed by atoms with van der Waals surface area (Å²) in [7, 11) is 1.72. The number of hydrogen-bond donors (Lipinski definition) is 1. The maximum absolute atomic E-state index is 13.8. The second-order valence-corrected chi connectivity index (χ2v) is 12.2. The van der Waals surface area contributed by atoms with Crippen molar-refractivity contribution in [1.82, 2.24) is 14.8 Å². The maximum atomic E-state index is 13.8. The number of pyridine rings is 1. The van der Waals surface area contributed by atoms with E-state index in [-0.39, 0.29) is 35.7 Å². The van der Waals surface area contributed by atoms with Crippen molar-refractivity contribution in [2.75, 3.05) is 26.7 Å². The molecule has 5 fully saturated rings. The van der Waals surface area contributed by atoms with Crippen LogP contribution in [-0.4, -0.2) is 70.9 Å². The molecule has 38 heavy (non-hydrogen) atoms. The highest BCUT2D eigenvalue weighted by Gasteiger charge is 2.74. The molecule has 200 valence electrons. The summed E-state index contributed by atoms with van der Waals surface area (Å²) < 4.78 is 18.7. The molecule has 1 N–H and O–H groups in total. The molecule has 5 atom stereocenters. The molecule has 1 aromatic carbocycles. The van der Waals surface area contributed by atoms with Crippen LogP contribution in [0.4, 0.5) is 4.79 Å². The number of nitrogens with zero attached hydrogens (tertiary/aromatic N) is 3. The molecule has 8 heteroatoms. The van der Waals surface area contributed by atoms with Gasteiger partial charge < -0.3 is 24.2 Å². The minimum Gasteiger partial charge on any atom is -0.493 e. The van der Waals surface area contributed by atoms with E-state index in [4.69, 9.17) is 14.2 Å². The molecule has 4 bridgehead atoms. The summed E-state index contributed by atoms with van der Waals surface area (Å²) in [5.74, 6) is 2.88. The highest BCUT2D eigenvalue weighted by molar-refractivity contribution is 5.72. The van der Waals surface area contributed by atoms with Crippen molar-refractivity contribution in [1.29, 1.82) is 0 Å². The lowest BCUT2D eigenvalue weighted by Crippen LogP contribution is -2.72. The number of carbonyl (C=O) groups excluding carboxylic acids is 1. The monoisotopic (exact) mass is 517 g/mol. The number of fused-ring (bicyclic) bond motifs is 3. The average molecular weight is 518 g/mol. The third kappa shape index (κ3) is 2.88. The predicted octanol–water partition coefficient (Wildman–Crippen LogP) is 3.68. The normalized spacial score (nSPS) is 34.4. The molecule has 4 aliphatic heterocycles. The number of aliphatic hydroxyl groups is 1. The lowest BCUT2D eigenvalue weighted by molar-refractivity contribution is -0.129. The third-order valence-electron chi connectivity index (χ3n) is 10.8. The summed E-state index contributed by atoms with van der Waals surface area (Å²) in [5.41, 5.74) is 3.10. The van der Waals surface area contributed by atoms with Gasteiger partial charge in [-0.1, -0.05) is 6.07 Å². The second kappa shape index (κ2) is 8.09. The summed E-state index contributed by atoms with van der Waals surface area (Å²) in [5, 5.41) is 9.73. The number of benzene rings is 1. The number of ether oxygens (including phenoxy) is 3. The maximum Gasteiger partial charge on any atom is 0.415 e. The molecule has 3 aliphatic carbocycles. The van der Waals surface area contributed by atoms with Crippen molar-refractivity contribution in [2.45, 2.75) is 75.2 Å². The van der Waals surface area contributed by atoms with Crippen LogP contribution in [-0.2, 0) is 18.4 Å². The lowest BCUT2D eigenvalue weighted by Gasteiger charge is -2.65. The van der Waals surface area contributed by atoms with Crippen LogP contribution < -0.4 is 14.2 Å². The van der Waals surface area contributed by atoms with Crippen LogP contribution in [0, 0.1) is 11.3 Å². The van der Waals surface area contributed by atoms with Crippen molar-refractivity contribution in [2.24, 2.45) is 11.3 Å². The Balaban J connectivity index is 1.23. The largest absolute Gasteiger partial charge is 0.493 e. The zero-order valence-corrected chi connectivity index (χ0v) is 21.9. The highest BCUT2D eigenvalue weighted by Crippen LogP contribution is 2.71. The van der Waals surface area contributed by atoms with Gasteiger partial charge in [-0.15, -0.1) is 0 Å². The Hall–Kier alpha value is -2.84. The zero-order valence-electron chi connectivity index (χ0n) is 21.9. The second-order valence-electron chi connectivity index (χ2n) is 12.2. The van der Waals surface area contributed by atoms with E-state index >= 15 is 0 Å². The van der Waals surface area contributed by atoms with E-state index in [1.807, 2.05) is 4.90 Å². The van der Waals surface area contributed by atoms with E-state index in [9.17, 15) is 9.90 Å². The molecule has 0 unspecified atom stereocenters. The van der Waals surface area contributed by atoms with Crippen LogP contribution in [0.15, 0.2) is 30.5 Å². The van der Waals surface area contributed by atoms with Crippen LogP contribution in [0.2, 0.25) is 0 Å². The molecule has 1 aromatic heterocycles. The Morgan fingerprint density at radius 2 is 2.05 bits per heavy atom. The van der Waals surface area contributed by atoms with Crippen LogP contribution in [0.5, 0.6) is 17.2 Å². The molecule has 8 nitrogen and oxygen atoms in total. The standard InChI is InChI=1S/C30H35N3O5/c1-36-23-7-6-19-15-24-29-9-8-21(33(14-10-29)28(35)37-22-3-2-12-31-20(22)17-34)27-30(29,25(19)26(23)38-27)11-13-32(24)16-18-4-5-18/h2-3,6-7,12,18,21,24,27,34H,4-5,8-11,13-17H2,1H3/t21-,24-,27+,29-,30+/m1/s1. The predicted molar refractivity (Wildman–Crippen MR) is 138 cm³/mol. The van der Waals surface area contributed by atoms with Gasteiger partial charge in [0.05, 0.1) is 19.8 Å². The molecule has 1 amide bonds. The van der Waals surface area contributed by atoms with E-state index < -0.39 is 0 Å². The van der Waals surface area contributed by atoms with Gasteiger partial charge in [0.15, 0.2) is 17.2 Å². The average Bonchev–Trinajstić information content (AvgIpc) is 3.73. The highest BCUT2D eigenvalue weighted by atomic mass is 16.6. The molecule has 7 aliphatic rings. The summed E-state index contributed by atoms with van der Waals surface area (Å²) in [4.78, 5) is 22.7. The molecule has 5 heterocycles. The number of hydrogen-bond acceptors (Lipinski definition) is 7. The van der Waals surface area contributed by atoms with Gasteiger partial charge in [-0.2, -0.15) is 0 Å². The van der Waals surface area contributed by atoms with Crippen LogP contribution in [0.3, 0.4) is 0 Å². The van der Waals surface area contributed by atoms with Crippen molar-refractivity contribution >= 4 is 6.09 Å². The van der Waals surface area contributed by atoms with Crippen LogP contribution >= 0.6 is 0 Å². The van der Waals surface area contributed by atoms with Crippen LogP contribution in [0.1, 0.15) is 55.3 Å². The first-order valence-electron chi connectivity index (χ1n) is 14.2. The Kier molecular flexibility index (Phi) is 4.91. The smallest absolute Gasteiger partial charge is 0.415 e. The van der Waals surface area contributed by atoms with Gasteiger partial charge in [0.25, 0.3) is 0 Å². The topological polar surface area (TPSA) is 84.4 Å². The quantitative estimate of drug-likeness (QED) is 0.648. The van der Waals surface area contributed by atoms with Crippen molar-refractivity contribution in [3.63, 3.8) is 0 Å². The number of carbonyl (C=O) groups is 1. The van der Waals surface area contributed by atoms with Gasteiger partial charge in [0.2, 0.25) is 0 Å². The van der Waals surface area contributed by atoms with Crippen molar-refractivity contribution in [3.05, 3.63) is 47.3 Å². The molecule has 2 aromatic rings. The molecular weight excluding hydrogens is 482 g/mol. The van der Waals surface area contributed by atoms with E-state index in [1.165, 1.54) is 30.5 Å². The van der Waals surface area contributed by atoms with E-state index in [2.05, 4.69) is 22.0 Å². The van der Waals surface area contributed by atoms with E-state index in [0.29, 0.717) is 24.0 Å². The first-order valence-corrected chi connectivity index (χ1v) is 14.2. The molecule has 2 saturated carbocycles. The number of piperidine rings is 1. The third-order valence-corrected chi connectivity index (χ3v) is 10.8. The first kappa shape index (κ1) is 23.1. The number of methoxy groups -OCH3 is 1. The molecule has 2 spiro atoms. The number of amides is 1. The molecule has 3 saturated heterocycles. The van der Waals surface area contributed by atoms with Gasteiger partial charge in [-0.25, -0.2) is 4.79 Å². The summed E-state index contributed by atoms with van der Waals surface area (Å²) in [6, 6.07) is 8.16. The Bertz CT molecular complexity index is 1310. The van der Waals surface area contributed by atoms with Gasteiger partial charge in [0, 0.05) is 41.7 Å². The molecule has 0 radical (unpaired) electrons. The van der Waals surface area contributed by atoms with Gasteiger partial charge in [-0.3, -0.25) is 9.88 Å². The lowest BCUT2D eigenvalue weighted by atomic mass is 9.42. The molecule has 9 rings (SSSR count).